The van der Waals surface area contributed by atoms with Gasteiger partial charge in [0, 0.05) is 30.0 Å². The van der Waals surface area contributed by atoms with Gasteiger partial charge in [-0.1, -0.05) is 29.6 Å². The van der Waals surface area contributed by atoms with Crippen LogP contribution in [0.2, 0.25) is 10.2 Å². The predicted molar refractivity (Wildman–Crippen MR) is 82.5 cm³/mol. The molecule has 0 radical (unpaired) electrons. The van der Waals surface area contributed by atoms with Crippen LogP contribution in [0, 0.1) is 5.82 Å². The van der Waals surface area contributed by atoms with Crippen LogP contribution in [-0.2, 0) is 5.41 Å². The van der Waals surface area contributed by atoms with Gasteiger partial charge < -0.3 is 5.32 Å². The number of nitrogens with zero attached hydrogens (tertiary/aromatic N) is 2. The molecule has 1 aliphatic carbocycles. The van der Waals surface area contributed by atoms with Crippen LogP contribution in [0.25, 0.3) is 0 Å². The molecule has 1 aliphatic rings. The molecule has 6 heteroatoms. The van der Waals surface area contributed by atoms with E-state index in [2.05, 4.69) is 15.3 Å². The monoisotopic (exact) mass is 325 g/mol. The Morgan fingerprint density at radius 3 is 2.57 bits per heavy atom. The standard InChI is InChI=1S/C15H14Cl2FN3/c16-11-3-2-10(8-12(11)18)21-9-15(4-1-5-15)13-14(17)20-7-6-19-13/h2-3,6-8,21H,1,4-5,9H2. The number of hydrogen-bond donors (Lipinski definition) is 1. The van der Waals surface area contributed by atoms with E-state index in [-0.39, 0.29) is 10.4 Å². The second-order valence-corrected chi connectivity index (χ2v) is 6.08. The third kappa shape index (κ3) is 2.83. The van der Waals surface area contributed by atoms with Crippen molar-refractivity contribution in [3.05, 3.63) is 52.3 Å². The minimum absolute atomic E-state index is 0.121. The second kappa shape index (κ2) is 5.78. The maximum atomic E-state index is 13.5. The Bertz CT molecular complexity index is 659. The zero-order valence-corrected chi connectivity index (χ0v) is 12.8. The van der Waals surface area contributed by atoms with Crippen molar-refractivity contribution in [2.24, 2.45) is 0 Å². The van der Waals surface area contributed by atoms with Crippen molar-refractivity contribution in [1.29, 1.82) is 0 Å². The van der Waals surface area contributed by atoms with Gasteiger partial charge in [0.05, 0.1) is 10.7 Å². The minimum Gasteiger partial charge on any atom is -0.384 e. The van der Waals surface area contributed by atoms with Crippen LogP contribution in [0.4, 0.5) is 10.1 Å². The van der Waals surface area contributed by atoms with Crippen LogP contribution in [0.3, 0.4) is 0 Å². The molecule has 0 atom stereocenters. The second-order valence-electron chi connectivity index (χ2n) is 5.31. The lowest BCUT2D eigenvalue weighted by molar-refractivity contribution is 0.252. The van der Waals surface area contributed by atoms with Crippen LogP contribution in [0.15, 0.2) is 30.6 Å². The summed E-state index contributed by atoms with van der Waals surface area (Å²) in [4.78, 5) is 8.49. The quantitative estimate of drug-likeness (QED) is 0.902. The number of aromatic nitrogens is 2. The SMILES string of the molecule is Fc1cc(NCC2(c3nccnc3Cl)CCC2)ccc1Cl. The number of benzene rings is 1. The minimum atomic E-state index is -0.429. The summed E-state index contributed by atoms with van der Waals surface area (Å²) in [5.41, 5.74) is 1.39. The van der Waals surface area contributed by atoms with Crippen LogP contribution < -0.4 is 5.32 Å². The highest BCUT2D eigenvalue weighted by molar-refractivity contribution is 6.30. The fourth-order valence-electron chi connectivity index (χ4n) is 2.65. The van der Waals surface area contributed by atoms with Gasteiger partial charge in [0.2, 0.25) is 0 Å². The number of nitrogens with one attached hydrogen (secondary N) is 1. The van der Waals surface area contributed by atoms with E-state index >= 15 is 0 Å². The molecule has 0 saturated heterocycles. The molecule has 21 heavy (non-hydrogen) atoms. The third-order valence-corrected chi connectivity index (χ3v) is 4.60. The number of anilines is 1. The van der Waals surface area contributed by atoms with Gasteiger partial charge in [0.1, 0.15) is 5.82 Å². The molecule has 1 saturated carbocycles. The molecule has 0 unspecified atom stereocenters. The molecule has 0 spiro atoms. The molecular formula is C15H14Cl2FN3. The van der Waals surface area contributed by atoms with E-state index in [1.165, 1.54) is 6.07 Å². The summed E-state index contributed by atoms with van der Waals surface area (Å²) in [5.74, 6) is -0.429. The highest BCUT2D eigenvalue weighted by Crippen LogP contribution is 2.44. The summed E-state index contributed by atoms with van der Waals surface area (Å²) in [5, 5.41) is 3.82. The summed E-state index contributed by atoms with van der Waals surface area (Å²) < 4.78 is 13.5. The van der Waals surface area contributed by atoms with E-state index in [0.717, 1.165) is 25.0 Å². The fourth-order valence-corrected chi connectivity index (χ4v) is 3.08. The fraction of sp³-hybridized carbons (Fsp3) is 0.333. The molecule has 0 aliphatic heterocycles. The highest BCUT2D eigenvalue weighted by Gasteiger charge is 2.41. The van der Waals surface area contributed by atoms with Crippen LogP contribution >= 0.6 is 23.2 Å². The van der Waals surface area contributed by atoms with Gasteiger partial charge in [-0.05, 0) is 31.0 Å². The van der Waals surface area contributed by atoms with E-state index in [1.54, 1.807) is 24.5 Å². The Labute approximate surface area is 132 Å². The smallest absolute Gasteiger partial charge is 0.151 e. The summed E-state index contributed by atoms with van der Waals surface area (Å²) >= 11 is 11.9. The van der Waals surface area contributed by atoms with Crippen molar-refractivity contribution in [3.63, 3.8) is 0 Å². The lowest BCUT2D eigenvalue weighted by Gasteiger charge is -2.41. The van der Waals surface area contributed by atoms with Crippen molar-refractivity contribution in [3.8, 4) is 0 Å². The van der Waals surface area contributed by atoms with Crippen molar-refractivity contribution < 1.29 is 4.39 Å². The summed E-state index contributed by atoms with van der Waals surface area (Å²) in [7, 11) is 0. The van der Waals surface area contributed by atoms with Crippen molar-refractivity contribution in [2.45, 2.75) is 24.7 Å². The maximum Gasteiger partial charge on any atom is 0.151 e. The van der Waals surface area contributed by atoms with Gasteiger partial charge in [-0.15, -0.1) is 0 Å². The molecule has 3 nitrogen and oxygen atoms in total. The van der Waals surface area contributed by atoms with Gasteiger partial charge >= 0.3 is 0 Å². The van der Waals surface area contributed by atoms with E-state index in [0.29, 0.717) is 17.4 Å². The van der Waals surface area contributed by atoms with Gasteiger partial charge in [0.15, 0.2) is 5.15 Å². The third-order valence-electron chi connectivity index (χ3n) is 4.02. The van der Waals surface area contributed by atoms with Gasteiger partial charge in [-0.3, -0.25) is 4.98 Å². The lowest BCUT2D eigenvalue weighted by atomic mass is 9.66. The highest BCUT2D eigenvalue weighted by atomic mass is 35.5. The predicted octanol–water partition coefficient (Wildman–Crippen LogP) is 4.46. The number of halogens is 3. The zero-order valence-electron chi connectivity index (χ0n) is 11.2. The van der Waals surface area contributed by atoms with Crippen LogP contribution in [0.5, 0.6) is 0 Å². The Kier molecular flexibility index (Phi) is 4.00. The van der Waals surface area contributed by atoms with Crippen LogP contribution in [0.1, 0.15) is 25.0 Å². The first-order valence-corrected chi connectivity index (χ1v) is 7.52. The van der Waals surface area contributed by atoms with Crippen molar-refractivity contribution >= 4 is 28.9 Å². The first-order chi connectivity index (χ1) is 10.1. The summed E-state index contributed by atoms with van der Waals surface area (Å²) in [6.45, 7) is 0.645. The van der Waals surface area contributed by atoms with Gasteiger partial charge in [-0.25, -0.2) is 9.37 Å². The Morgan fingerprint density at radius 2 is 1.95 bits per heavy atom. The molecule has 2 aromatic rings. The molecule has 1 aromatic heterocycles. The van der Waals surface area contributed by atoms with Crippen LogP contribution in [-0.4, -0.2) is 16.5 Å². The summed E-state index contributed by atoms with van der Waals surface area (Å²) in [6, 6.07) is 4.70. The first kappa shape index (κ1) is 14.5. The lowest BCUT2D eigenvalue weighted by Crippen LogP contribution is -2.42. The maximum absolute atomic E-state index is 13.5. The van der Waals surface area contributed by atoms with Gasteiger partial charge in [0.25, 0.3) is 0 Å². The zero-order chi connectivity index (χ0) is 14.9. The Hall–Kier alpha value is -1.39. The molecule has 1 aromatic carbocycles. The van der Waals surface area contributed by atoms with Crippen molar-refractivity contribution in [2.75, 3.05) is 11.9 Å². The molecule has 0 amide bonds. The van der Waals surface area contributed by atoms with E-state index in [1.807, 2.05) is 0 Å². The van der Waals surface area contributed by atoms with E-state index in [9.17, 15) is 4.39 Å². The largest absolute Gasteiger partial charge is 0.384 e. The Morgan fingerprint density at radius 1 is 1.19 bits per heavy atom. The average Bonchev–Trinajstić information content (AvgIpc) is 2.43. The van der Waals surface area contributed by atoms with Gasteiger partial charge in [-0.2, -0.15) is 0 Å². The van der Waals surface area contributed by atoms with Crippen molar-refractivity contribution in [1.82, 2.24) is 9.97 Å². The number of rotatable bonds is 4. The molecule has 110 valence electrons. The summed E-state index contributed by atoms with van der Waals surface area (Å²) in [6.07, 6.45) is 6.36. The average molecular weight is 326 g/mol. The number of hydrogen-bond acceptors (Lipinski definition) is 3. The molecular weight excluding hydrogens is 312 g/mol. The Balaban J connectivity index is 1.79. The molecule has 1 heterocycles. The molecule has 3 rings (SSSR count). The normalized spacial score (nSPS) is 16.3. The van der Waals surface area contributed by atoms with E-state index < -0.39 is 5.82 Å². The van der Waals surface area contributed by atoms with E-state index in [4.69, 9.17) is 23.2 Å². The molecule has 1 N–H and O–H groups in total. The topological polar surface area (TPSA) is 37.8 Å². The first-order valence-electron chi connectivity index (χ1n) is 6.77. The molecule has 0 bridgehead atoms. The molecule has 1 fully saturated rings.